The van der Waals surface area contributed by atoms with Gasteiger partial charge in [0.1, 0.15) is 12.4 Å². The molecular weight excluding hydrogens is 414 g/mol. The molecule has 2 unspecified atom stereocenters. The SMILES string of the molecule is O=C(NCCCCN1CCCC1)[C@@H]1C2C=CC([C@H]1C(=O)NCCOc1ccccc1)C21CC1. The molecule has 1 heterocycles. The van der Waals surface area contributed by atoms with Gasteiger partial charge in [-0.05, 0) is 87.5 Å². The van der Waals surface area contributed by atoms with E-state index < -0.39 is 0 Å². The lowest BCUT2D eigenvalue weighted by Gasteiger charge is -2.26. The second-order valence-corrected chi connectivity index (χ2v) is 10.2. The Morgan fingerprint density at radius 1 is 0.909 bits per heavy atom. The Bertz CT molecular complexity index is 861. The first-order valence-corrected chi connectivity index (χ1v) is 12.8. The van der Waals surface area contributed by atoms with Crippen molar-refractivity contribution in [3.63, 3.8) is 0 Å². The number of ether oxygens (including phenoxy) is 1. The zero-order valence-corrected chi connectivity index (χ0v) is 19.5. The summed E-state index contributed by atoms with van der Waals surface area (Å²) in [4.78, 5) is 29.0. The number of nitrogens with zero attached hydrogens (tertiary/aromatic N) is 1. The fraction of sp³-hybridized carbons (Fsp3) is 0.630. The van der Waals surface area contributed by atoms with Crippen LogP contribution in [0.4, 0.5) is 0 Å². The number of nitrogens with one attached hydrogen (secondary N) is 2. The predicted molar refractivity (Wildman–Crippen MR) is 128 cm³/mol. The third-order valence-electron chi connectivity index (χ3n) is 8.26. The quantitative estimate of drug-likeness (QED) is 0.401. The zero-order chi connectivity index (χ0) is 22.7. The summed E-state index contributed by atoms with van der Waals surface area (Å²) in [5.41, 5.74) is 0.167. The molecule has 2 amide bonds. The van der Waals surface area contributed by atoms with Crippen LogP contribution in [0.3, 0.4) is 0 Å². The smallest absolute Gasteiger partial charge is 0.224 e. The molecule has 2 saturated carbocycles. The summed E-state index contributed by atoms with van der Waals surface area (Å²) in [7, 11) is 0. The lowest BCUT2D eigenvalue weighted by molar-refractivity contribution is -0.135. The third-order valence-corrected chi connectivity index (χ3v) is 8.26. The first kappa shape index (κ1) is 22.5. The largest absolute Gasteiger partial charge is 0.492 e. The third kappa shape index (κ3) is 4.68. The van der Waals surface area contributed by atoms with Crippen molar-refractivity contribution in [3.05, 3.63) is 42.5 Å². The van der Waals surface area contributed by atoms with E-state index in [-0.39, 0.29) is 40.9 Å². The van der Waals surface area contributed by atoms with Crippen molar-refractivity contribution in [2.75, 3.05) is 39.3 Å². The van der Waals surface area contributed by atoms with Gasteiger partial charge in [-0.15, -0.1) is 0 Å². The highest BCUT2D eigenvalue weighted by molar-refractivity contribution is 5.90. The molecule has 3 fully saturated rings. The van der Waals surface area contributed by atoms with E-state index >= 15 is 0 Å². The topological polar surface area (TPSA) is 70.7 Å². The molecule has 4 aliphatic rings. The molecular formula is C27H37N3O3. The maximum absolute atomic E-state index is 13.2. The van der Waals surface area contributed by atoms with Gasteiger partial charge in [-0.2, -0.15) is 0 Å². The van der Waals surface area contributed by atoms with Gasteiger partial charge in [0.05, 0.1) is 18.4 Å². The van der Waals surface area contributed by atoms with Gasteiger partial charge in [0.15, 0.2) is 0 Å². The van der Waals surface area contributed by atoms with Gasteiger partial charge in [0, 0.05) is 6.54 Å². The summed E-state index contributed by atoms with van der Waals surface area (Å²) in [6.45, 7) is 5.15. The normalized spacial score (nSPS) is 28.8. The van der Waals surface area contributed by atoms with Crippen LogP contribution in [0.25, 0.3) is 0 Å². The van der Waals surface area contributed by atoms with Gasteiger partial charge < -0.3 is 20.3 Å². The molecule has 3 aliphatic carbocycles. The number of carbonyl (C=O) groups excluding carboxylic acids is 2. The maximum atomic E-state index is 13.2. The molecule has 178 valence electrons. The molecule has 2 bridgehead atoms. The number of rotatable bonds is 11. The lowest BCUT2D eigenvalue weighted by Crippen LogP contribution is -2.45. The Balaban J connectivity index is 1.11. The second kappa shape index (κ2) is 9.88. The van der Waals surface area contributed by atoms with Crippen LogP contribution in [0.1, 0.15) is 38.5 Å². The number of carbonyl (C=O) groups is 2. The summed E-state index contributed by atoms with van der Waals surface area (Å²) < 4.78 is 5.71. The van der Waals surface area contributed by atoms with Crippen LogP contribution in [0, 0.1) is 29.1 Å². The molecule has 0 aromatic heterocycles. The van der Waals surface area contributed by atoms with Crippen LogP contribution >= 0.6 is 0 Å². The number of benzene rings is 1. The molecule has 0 radical (unpaired) electrons. The number of amides is 2. The van der Waals surface area contributed by atoms with E-state index in [1.807, 2.05) is 30.3 Å². The molecule has 1 saturated heterocycles. The molecule has 4 atom stereocenters. The molecule has 6 heteroatoms. The first-order chi connectivity index (χ1) is 16.2. The molecule has 1 aromatic rings. The van der Waals surface area contributed by atoms with Crippen LogP contribution < -0.4 is 15.4 Å². The minimum Gasteiger partial charge on any atom is -0.492 e. The van der Waals surface area contributed by atoms with E-state index in [9.17, 15) is 9.59 Å². The minimum atomic E-state index is -0.260. The fourth-order valence-corrected chi connectivity index (χ4v) is 6.48. The van der Waals surface area contributed by atoms with E-state index in [2.05, 4.69) is 27.7 Å². The van der Waals surface area contributed by atoms with Gasteiger partial charge in [-0.1, -0.05) is 30.4 Å². The van der Waals surface area contributed by atoms with Gasteiger partial charge in [0.25, 0.3) is 0 Å². The van der Waals surface area contributed by atoms with Gasteiger partial charge in [-0.3, -0.25) is 9.59 Å². The van der Waals surface area contributed by atoms with E-state index in [1.165, 1.54) is 25.9 Å². The van der Waals surface area contributed by atoms with Crippen molar-refractivity contribution < 1.29 is 14.3 Å². The monoisotopic (exact) mass is 451 g/mol. The molecule has 1 aromatic carbocycles. The second-order valence-electron chi connectivity index (χ2n) is 10.2. The standard InChI is InChI=1S/C27H37N3O3/c31-25(28-14-4-5-16-30-17-6-7-18-30)23-21-10-11-22(27(21)12-13-27)24(23)26(32)29-15-19-33-20-8-2-1-3-9-20/h1-3,8-11,21-24H,4-7,12-19H2,(H,28,31)(H,29,32)/t21?,22?,23-,24-/m1/s1. The van der Waals surface area contributed by atoms with E-state index in [0.29, 0.717) is 19.7 Å². The van der Waals surface area contributed by atoms with Crippen LogP contribution in [-0.2, 0) is 9.59 Å². The van der Waals surface area contributed by atoms with Gasteiger partial charge in [-0.25, -0.2) is 0 Å². The van der Waals surface area contributed by atoms with Crippen LogP contribution in [-0.4, -0.2) is 56.0 Å². The highest BCUT2D eigenvalue weighted by atomic mass is 16.5. The summed E-state index contributed by atoms with van der Waals surface area (Å²) in [6.07, 6.45) is 11.4. The number of para-hydroxylation sites is 1. The zero-order valence-electron chi connectivity index (χ0n) is 19.5. The number of likely N-dealkylation sites (tertiary alicyclic amines) is 1. The van der Waals surface area contributed by atoms with Crippen molar-refractivity contribution in [2.45, 2.75) is 38.5 Å². The lowest BCUT2D eigenvalue weighted by atomic mass is 9.81. The average Bonchev–Trinajstić information content (AvgIpc) is 3.19. The molecule has 5 rings (SSSR count). The number of hydrogen-bond donors (Lipinski definition) is 2. The Hall–Kier alpha value is -2.34. The van der Waals surface area contributed by atoms with E-state index in [4.69, 9.17) is 4.74 Å². The highest BCUT2D eigenvalue weighted by Crippen LogP contribution is 2.72. The minimum absolute atomic E-state index is 0.00368. The highest BCUT2D eigenvalue weighted by Gasteiger charge is 2.69. The van der Waals surface area contributed by atoms with Crippen LogP contribution in [0.5, 0.6) is 5.75 Å². The van der Waals surface area contributed by atoms with Crippen molar-refractivity contribution in [3.8, 4) is 5.75 Å². The Morgan fingerprint density at radius 2 is 1.55 bits per heavy atom. The number of hydrogen-bond acceptors (Lipinski definition) is 4. The Kier molecular flexibility index (Phi) is 6.72. The first-order valence-electron chi connectivity index (χ1n) is 12.8. The Morgan fingerprint density at radius 3 is 2.18 bits per heavy atom. The van der Waals surface area contributed by atoms with E-state index in [0.717, 1.165) is 38.0 Å². The summed E-state index contributed by atoms with van der Waals surface area (Å²) in [6, 6.07) is 9.62. The van der Waals surface area contributed by atoms with E-state index in [1.54, 1.807) is 0 Å². The van der Waals surface area contributed by atoms with Crippen LogP contribution in [0.15, 0.2) is 42.5 Å². The van der Waals surface area contributed by atoms with Gasteiger partial charge in [0.2, 0.25) is 11.8 Å². The molecule has 1 aliphatic heterocycles. The molecule has 1 spiro atoms. The van der Waals surface area contributed by atoms with Crippen molar-refractivity contribution >= 4 is 11.8 Å². The Labute approximate surface area is 197 Å². The summed E-state index contributed by atoms with van der Waals surface area (Å²) in [5, 5.41) is 6.23. The number of allylic oxidation sites excluding steroid dienone is 2. The number of unbranched alkanes of at least 4 members (excludes halogenated alkanes) is 1. The molecule has 33 heavy (non-hydrogen) atoms. The van der Waals surface area contributed by atoms with Gasteiger partial charge >= 0.3 is 0 Å². The van der Waals surface area contributed by atoms with Crippen LogP contribution in [0.2, 0.25) is 0 Å². The summed E-state index contributed by atoms with van der Waals surface area (Å²) in [5.74, 6) is 0.782. The van der Waals surface area contributed by atoms with Crippen molar-refractivity contribution in [1.82, 2.24) is 15.5 Å². The summed E-state index contributed by atoms with van der Waals surface area (Å²) >= 11 is 0. The van der Waals surface area contributed by atoms with Crippen molar-refractivity contribution in [1.29, 1.82) is 0 Å². The predicted octanol–water partition coefficient (Wildman–Crippen LogP) is 3.00. The molecule has 6 nitrogen and oxygen atoms in total. The maximum Gasteiger partial charge on any atom is 0.224 e. The van der Waals surface area contributed by atoms with Crippen molar-refractivity contribution in [2.24, 2.45) is 29.1 Å². The molecule has 2 N–H and O–H groups in total. The average molecular weight is 452 g/mol. The fourth-order valence-electron chi connectivity index (χ4n) is 6.48.